The Balaban J connectivity index is 2.23. The highest BCUT2D eigenvalue weighted by Crippen LogP contribution is 2.43. The van der Waals surface area contributed by atoms with Gasteiger partial charge in [-0.25, -0.2) is 0 Å². The molecule has 1 amide bonds. The van der Waals surface area contributed by atoms with Gasteiger partial charge in [0, 0.05) is 19.2 Å². The van der Waals surface area contributed by atoms with E-state index in [0.29, 0.717) is 13.2 Å². The predicted octanol–water partition coefficient (Wildman–Crippen LogP) is 3.05. The number of carbonyl (C=O) groups is 1. The Kier molecular flexibility index (Phi) is 3.52. The molecule has 21 heavy (non-hydrogen) atoms. The normalized spacial score (nSPS) is 20.7. The molecule has 0 radical (unpaired) electrons. The summed E-state index contributed by atoms with van der Waals surface area (Å²) >= 11 is 0. The van der Waals surface area contributed by atoms with E-state index in [9.17, 15) is 4.79 Å². The van der Waals surface area contributed by atoms with Crippen LogP contribution in [0.2, 0.25) is 0 Å². The fourth-order valence-electron chi connectivity index (χ4n) is 3.14. The molecule has 1 aliphatic heterocycles. The summed E-state index contributed by atoms with van der Waals surface area (Å²) in [5.74, 6) is 0.0501. The first-order valence-corrected chi connectivity index (χ1v) is 7.22. The zero-order chi connectivity index (χ0) is 14.9. The van der Waals surface area contributed by atoms with Gasteiger partial charge in [-0.05, 0) is 24.1 Å². The highest BCUT2D eigenvalue weighted by molar-refractivity contribution is 6.00. The van der Waals surface area contributed by atoms with Crippen LogP contribution in [-0.2, 0) is 10.3 Å². The third-order valence-electron chi connectivity index (χ3n) is 4.25. The van der Waals surface area contributed by atoms with Crippen molar-refractivity contribution in [3.8, 4) is 0 Å². The molecule has 1 heterocycles. The Morgan fingerprint density at radius 2 is 1.71 bits per heavy atom. The lowest BCUT2D eigenvalue weighted by Gasteiger charge is -2.37. The van der Waals surface area contributed by atoms with Gasteiger partial charge in [0.25, 0.3) is 5.91 Å². The van der Waals surface area contributed by atoms with E-state index < -0.39 is 5.54 Å². The van der Waals surface area contributed by atoms with Crippen molar-refractivity contribution in [2.24, 2.45) is 0 Å². The van der Waals surface area contributed by atoms with Crippen molar-refractivity contribution >= 4 is 5.91 Å². The molecule has 3 nitrogen and oxygen atoms in total. The van der Waals surface area contributed by atoms with Gasteiger partial charge in [-0.1, -0.05) is 48.5 Å². The molecule has 1 atom stereocenters. The lowest BCUT2D eigenvalue weighted by molar-refractivity contribution is 0.0336. The number of hydrogen-bond acceptors (Lipinski definition) is 2. The smallest absolute Gasteiger partial charge is 0.255 e. The molecule has 2 aromatic carbocycles. The van der Waals surface area contributed by atoms with Crippen molar-refractivity contribution in [1.29, 1.82) is 0 Å². The molecule has 0 N–H and O–H groups in total. The Morgan fingerprint density at radius 3 is 2.43 bits per heavy atom. The molecule has 0 bridgehead atoms. The van der Waals surface area contributed by atoms with E-state index in [2.05, 4.69) is 12.1 Å². The summed E-state index contributed by atoms with van der Waals surface area (Å²) in [5.41, 5.74) is 2.34. The first kappa shape index (κ1) is 13.8. The fraction of sp³-hybridized carbons (Fsp3) is 0.278. The number of hydrogen-bond donors (Lipinski definition) is 0. The van der Waals surface area contributed by atoms with Gasteiger partial charge < -0.3 is 9.64 Å². The highest BCUT2D eigenvalue weighted by atomic mass is 16.5. The van der Waals surface area contributed by atoms with Gasteiger partial charge >= 0.3 is 0 Å². The SMILES string of the molecule is CCOCC1(c2ccccc2)c2ccccc2C(=O)N1C. The molecule has 2 aromatic rings. The van der Waals surface area contributed by atoms with Crippen molar-refractivity contribution in [2.75, 3.05) is 20.3 Å². The van der Waals surface area contributed by atoms with Gasteiger partial charge in [0.05, 0.1) is 6.61 Å². The van der Waals surface area contributed by atoms with Crippen LogP contribution in [0, 0.1) is 0 Å². The lowest BCUT2D eigenvalue weighted by Crippen LogP contribution is -2.45. The highest BCUT2D eigenvalue weighted by Gasteiger charge is 2.49. The third-order valence-corrected chi connectivity index (χ3v) is 4.25. The van der Waals surface area contributed by atoms with Crippen molar-refractivity contribution in [3.05, 3.63) is 71.3 Å². The number of ether oxygens (including phenoxy) is 1. The minimum atomic E-state index is -0.537. The molecular weight excluding hydrogens is 262 g/mol. The number of likely N-dealkylation sites (N-methyl/N-ethyl adjacent to an activating group) is 1. The second-order valence-electron chi connectivity index (χ2n) is 5.27. The summed E-state index contributed by atoms with van der Waals surface area (Å²) in [4.78, 5) is 14.4. The van der Waals surface area contributed by atoms with E-state index in [1.54, 1.807) is 0 Å². The van der Waals surface area contributed by atoms with E-state index >= 15 is 0 Å². The maximum absolute atomic E-state index is 12.6. The zero-order valence-corrected chi connectivity index (χ0v) is 12.4. The van der Waals surface area contributed by atoms with E-state index in [0.717, 1.165) is 16.7 Å². The van der Waals surface area contributed by atoms with Crippen LogP contribution in [0.3, 0.4) is 0 Å². The summed E-state index contributed by atoms with van der Waals surface area (Å²) in [5, 5.41) is 0. The summed E-state index contributed by atoms with van der Waals surface area (Å²) in [6, 6.07) is 17.9. The Labute approximate surface area is 125 Å². The van der Waals surface area contributed by atoms with Crippen LogP contribution >= 0.6 is 0 Å². The summed E-state index contributed by atoms with van der Waals surface area (Å²) in [7, 11) is 1.86. The molecule has 0 saturated heterocycles. The Hall–Kier alpha value is -2.13. The van der Waals surface area contributed by atoms with Gasteiger partial charge in [-0.15, -0.1) is 0 Å². The molecule has 3 rings (SSSR count). The summed E-state index contributed by atoms with van der Waals surface area (Å²) in [6.07, 6.45) is 0. The molecule has 0 fully saturated rings. The molecule has 0 spiro atoms. The van der Waals surface area contributed by atoms with Gasteiger partial charge in [-0.3, -0.25) is 4.79 Å². The van der Waals surface area contributed by atoms with Crippen molar-refractivity contribution in [1.82, 2.24) is 4.90 Å². The average molecular weight is 281 g/mol. The first-order chi connectivity index (χ1) is 10.2. The number of benzene rings is 2. The lowest BCUT2D eigenvalue weighted by atomic mass is 9.83. The molecule has 1 unspecified atom stereocenters. The topological polar surface area (TPSA) is 29.5 Å². The van der Waals surface area contributed by atoms with E-state index in [-0.39, 0.29) is 5.91 Å². The minimum Gasteiger partial charge on any atom is -0.379 e. The minimum absolute atomic E-state index is 0.0501. The average Bonchev–Trinajstić information content (AvgIpc) is 2.76. The van der Waals surface area contributed by atoms with Crippen molar-refractivity contribution < 1.29 is 9.53 Å². The maximum Gasteiger partial charge on any atom is 0.255 e. The second-order valence-corrected chi connectivity index (χ2v) is 5.27. The largest absolute Gasteiger partial charge is 0.379 e. The molecule has 0 aliphatic carbocycles. The van der Waals surface area contributed by atoms with E-state index in [1.807, 2.05) is 61.3 Å². The maximum atomic E-state index is 12.6. The second kappa shape index (κ2) is 5.34. The fourth-order valence-corrected chi connectivity index (χ4v) is 3.14. The van der Waals surface area contributed by atoms with Crippen LogP contribution in [0.25, 0.3) is 0 Å². The molecular formula is C18H19NO2. The van der Waals surface area contributed by atoms with Gasteiger partial charge in [-0.2, -0.15) is 0 Å². The molecule has 0 aromatic heterocycles. The van der Waals surface area contributed by atoms with Crippen LogP contribution in [-0.4, -0.2) is 31.1 Å². The quantitative estimate of drug-likeness (QED) is 0.862. The molecule has 3 heteroatoms. The predicted molar refractivity (Wildman–Crippen MR) is 82.3 cm³/mol. The van der Waals surface area contributed by atoms with Crippen LogP contribution in [0.5, 0.6) is 0 Å². The third kappa shape index (κ3) is 1.96. The number of nitrogens with zero attached hydrogens (tertiary/aromatic N) is 1. The monoisotopic (exact) mass is 281 g/mol. The van der Waals surface area contributed by atoms with Gasteiger partial charge in [0.1, 0.15) is 5.54 Å². The van der Waals surface area contributed by atoms with Crippen LogP contribution in [0.4, 0.5) is 0 Å². The van der Waals surface area contributed by atoms with Crippen LogP contribution in [0.1, 0.15) is 28.4 Å². The standard InChI is InChI=1S/C18H19NO2/c1-3-21-13-18(14-9-5-4-6-10-14)16-12-8-7-11-15(16)17(20)19(18)2/h4-12H,3,13H2,1-2H3. The zero-order valence-electron chi connectivity index (χ0n) is 12.4. The van der Waals surface area contributed by atoms with Crippen molar-refractivity contribution in [3.63, 3.8) is 0 Å². The van der Waals surface area contributed by atoms with Crippen molar-refractivity contribution in [2.45, 2.75) is 12.5 Å². The molecule has 1 aliphatic rings. The van der Waals surface area contributed by atoms with Crippen LogP contribution in [0.15, 0.2) is 54.6 Å². The summed E-state index contributed by atoms with van der Waals surface area (Å²) < 4.78 is 5.76. The van der Waals surface area contributed by atoms with E-state index in [1.165, 1.54) is 0 Å². The number of amides is 1. The van der Waals surface area contributed by atoms with Gasteiger partial charge in [0.2, 0.25) is 0 Å². The van der Waals surface area contributed by atoms with Crippen LogP contribution < -0.4 is 0 Å². The Morgan fingerprint density at radius 1 is 1.05 bits per heavy atom. The number of fused-ring (bicyclic) bond motifs is 1. The Bertz CT molecular complexity index is 653. The number of carbonyl (C=O) groups excluding carboxylic acids is 1. The number of rotatable bonds is 4. The van der Waals surface area contributed by atoms with E-state index in [4.69, 9.17) is 4.74 Å². The van der Waals surface area contributed by atoms with Gasteiger partial charge in [0.15, 0.2) is 0 Å². The molecule has 108 valence electrons. The first-order valence-electron chi connectivity index (χ1n) is 7.22. The molecule has 0 saturated carbocycles. The summed E-state index contributed by atoms with van der Waals surface area (Å²) in [6.45, 7) is 3.06.